The SMILES string of the molecule is Cc1cc(C(=O)ONC(=O)c2ccco2)nn1-c1cc(Cl)ccc1Cl. The van der Waals surface area contributed by atoms with E-state index >= 15 is 0 Å². The maximum atomic E-state index is 12.1. The first-order chi connectivity index (χ1) is 12.0. The largest absolute Gasteiger partial charge is 0.459 e. The van der Waals surface area contributed by atoms with Gasteiger partial charge in [-0.2, -0.15) is 10.6 Å². The fraction of sp³-hybridized carbons (Fsp3) is 0.0625. The molecule has 0 atom stereocenters. The molecule has 0 unspecified atom stereocenters. The van der Waals surface area contributed by atoms with Gasteiger partial charge >= 0.3 is 11.9 Å². The Labute approximate surface area is 152 Å². The molecule has 3 aromatic rings. The van der Waals surface area contributed by atoms with Crippen molar-refractivity contribution in [3.05, 3.63) is 69.9 Å². The number of nitrogens with zero attached hydrogens (tertiary/aromatic N) is 2. The lowest BCUT2D eigenvalue weighted by Crippen LogP contribution is -2.27. The molecular formula is C16H11Cl2N3O4. The number of carbonyl (C=O) groups is 2. The van der Waals surface area contributed by atoms with Crippen LogP contribution in [-0.4, -0.2) is 21.7 Å². The van der Waals surface area contributed by atoms with Crippen LogP contribution in [0.2, 0.25) is 10.0 Å². The van der Waals surface area contributed by atoms with Crippen molar-refractivity contribution in [2.24, 2.45) is 0 Å². The molecule has 0 saturated heterocycles. The van der Waals surface area contributed by atoms with Crippen LogP contribution in [0, 0.1) is 6.92 Å². The topological polar surface area (TPSA) is 86.4 Å². The number of rotatable bonds is 3. The van der Waals surface area contributed by atoms with E-state index in [0.29, 0.717) is 21.4 Å². The summed E-state index contributed by atoms with van der Waals surface area (Å²) in [4.78, 5) is 28.5. The minimum absolute atomic E-state index is 0.00622. The number of furan rings is 1. The molecule has 0 bridgehead atoms. The summed E-state index contributed by atoms with van der Waals surface area (Å²) < 4.78 is 6.35. The summed E-state index contributed by atoms with van der Waals surface area (Å²) in [7, 11) is 0. The molecule has 25 heavy (non-hydrogen) atoms. The van der Waals surface area contributed by atoms with Gasteiger partial charge in [0.25, 0.3) is 0 Å². The smallest absolute Gasteiger partial charge is 0.383 e. The highest BCUT2D eigenvalue weighted by molar-refractivity contribution is 6.34. The van der Waals surface area contributed by atoms with E-state index in [2.05, 4.69) is 5.10 Å². The van der Waals surface area contributed by atoms with Crippen LogP contribution < -0.4 is 5.48 Å². The van der Waals surface area contributed by atoms with Crippen molar-refractivity contribution in [2.75, 3.05) is 0 Å². The van der Waals surface area contributed by atoms with Crippen LogP contribution in [0.25, 0.3) is 5.69 Å². The van der Waals surface area contributed by atoms with Crippen molar-refractivity contribution >= 4 is 35.1 Å². The maximum absolute atomic E-state index is 12.1. The van der Waals surface area contributed by atoms with Crippen LogP contribution in [0.15, 0.2) is 47.1 Å². The summed E-state index contributed by atoms with van der Waals surface area (Å²) >= 11 is 12.1. The van der Waals surface area contributed by atoms with E-state index in [1.165, 1.54) is 29.1 Å². The molecule has 0 radical (unpaired) electrons. The third-order valence-electron chi connectivity index (χ3n) is 3.21. The fourth-order valence-corrected chi connectivity index (χ4v) is 2.43. The second-order valence-corrected chi connectivity index (χ2v) is 5.82. The summed E-state index contributed by atoms with van der Waals surface area (Å²) in [5.74, 6) is -1.51. The van der Waals surface area contributed by atoms with Crippen LogP contribution in [0.4, 0.5) is 0 Å². The number of hydrogen-bond donors (Lipinski definition) is 1. The highest BCUT2D eigenvalue weighted by Crippen LogP contribution is 2.25. The van der Waals surface area contributed by atoms with E-state index in [4.69, 9.17) is 32.5 Å². The highest BCUT2D eigenvalue weighted by Gasteiger charge is 2.18. The van der Waals surface area contributed by atoms with Crippen LogP contribution in [0.3, 0.4) is 0 Å². The molecule has 0 spiro atoms. The normalized spacial score (nSPS) is 10.5. The summed E-state index contributed by atoms with van der Waals surface area (Å²) in [5, 5.41) is 5.04. The van der Waals surface area contributed by atoms with Gasteiger partial charge in [-0.3, -0.25) is 4.79 Å². The zero-order chi connectivity index (χ0) is 18.0. The molecule has 1 amide bonds. The Morgan fingerprint density at radius 3 is 2.76 bits per heavy atom. The van der Waals surface area contributed by atoms with Gasteiger partial charge in [-0.05, 0) is 43.3 Å². The van der Waals surface area contributed by atoms with E-state index in [-0.39, 0.29) is 11.5 Å². The first-order valence-corrected chi connectivity index (χ1v) is 7.78. The van der Waals surface area contributed by atoms with Gasteiger partial charge in [0, 0.05) is 10.7 Å². The second kappa shape index (κ2) is 7.00. The summed E-state index contributed by atoms with van der Waals surface area (Å²) in [5.41, 5.74) is 3.14. The Morgan fingerprint density at radius 1 is 1.24 bits per heavy atom. The highest BCUT2D eigenvalue weighted by atomic mass is 35.5. The predicted octanol–water partition coefficient (Wildman–Crippen LogP) is 3.58. The van der Waals surface area contributed by atoms with Crippen molar-refractivity contribution in [2.45, 2.75) is 6.92 Å². The van der Waals surface area contributed by atoms with Crippen LogP contribution in [-0.2, 0) is 4.84 Å². The number of nitrogens with one attached hydrogen (secondary N) is 1. The van der Waals surface area contributed by atoms with E-state index in [9.17, 15) is 9.59 Å². The van der Waals surface area contributed by atoms with Gasteiger partial charge in [-0.25, -0.2) is 9.48 Å². The maximum Gasteiger partial charge on any atom is 0.383 e. The average molecular weight is 380 g/mol. The Hall–Kier alpha value is -2.77. The first kappa shape index (κ1) is 17.1. The number of carbonyl (C=O) groups excluding carboxylic acids is 2. The Balaban J connectivity index is 1.76. The van der Waals surface area contributed by atoms with Crippen LogP contribution >= 0.6 is 23.2 Å². The van der Waals surface area contributed by atoms with E-state index in [1.807, 2.05) is 5.48 Å². The molecule has 128 valence electrons. The third-order valence-corrected chi connectivity index (χ3v) is 3.77. The first-order valence-electron chi connectivity index (χ1n) is 7.03. The zero-order valence-corrected chi connectivity index (χ0v) is 14.3. The van der Waals surface area contributed by atoms with Gasteiger partial charge in [0.15, 0.2) is 11.5 Å². The standard InChI is InChI=1S/C16H11Cl2N3O4/c1-9-7-12(16(23)25-20-15(22)14-3-2-6-24-14)19-21(9)13-8-10(17)4-5-11(13)18/h2-8H,1H3,(H,20,22). The quantitative estimate of drug-likeness (QED) is 0.702. The van der Waals surface area contributed by atoms with Crippen molar-refractivity contribution in [3.63, 3.8) is 0 Å². The molecule has 0 aliphatic rings. The number of halogens is 2. The van der Waals surface area contributed by atoms with Crippen LogP contribution in [0.5, 0.6) is 0 Å². The molecule has 0 saturated carbocycles. The van der Waals surface area contributed by atoms with Gasteiger partial charge in [0.05, 0.1) is 17.0 Å². The number of hydrogen-bond acceptors (Lipinski definition) is 5. The van der Waals surface area contributed by atoms with Gasteiger partial charge in [-0.1, -0.05) is 23.2 Å². The molecule has 0 fully saturated rings. The number of amides is 1. The minimum Gasteiger partial charge on any atom is -0.459 e. The monoisotopic (exact) mass is 379 g/mol. The van der Waals surface area contributed by atoms with Crippen molar-refractivity contribution in [3.8, 4) is 5.69 Å². The average Bonchev–Trinajstić information content (AvgIpc) is 3.24. The molecule has 9 heteroatoms. The van der Waals surface area contributed by atoms with Crippen molar-refractivity contribution < 1.29 is 18.8 Å². The zero-order valence-electron chi connectivity index (χ0n) is 12.8. The van der Waals surface area contributed by atoms with Gasteiger partial charge in [0.1, 0.15) is 0 Å². The summed E-state index contributed by atoms with van der Waals surface area (Å²) in [6.45, 7) is 1.74. The Morgan fingerprint density at radius 2 is 2.04 bits per heavy atom. The second-order valence-electron chi connectivity index (χ2n) is 4.98. The lowest BCUT2D eigenvalue weighted by atomic mass is 10.3. The fourth-order valence-electron chi connectivity index (χ4n) is 2.07. The molecule has 1 N–H and O–H groups in total. The molecule has 2 heterocycles. The number of aryl methyl sites for hydroxylation is 1. The van der Waals surface area contributed by atoms with E-state index < -0.39 is 11.9 Å². The van der Waals surface area contributed by atoms with Crippen LogP contribution in [0.1, 0.15) is 26.7 Å². The molecular weight excluding hydrogens is 369 g/mol. The predicted molar refractivity (Wildman–Crippen MR) is 89.9 cm³/mol. The van der Waals surface area contributed by atoms with Crippen molar-refractivity contribution in [1.29, 1.82) is 0 Å². The number of benzene rings is 1. The summed E-state index contributed by atoms with van der Waals surface area (Å²) in [6.07, 6.45) is 1.33. The van der Waals surface area contributed by atoms with Crippen molar-refractivity contribution in [1.82, 2.24) is 15.3 Å². The number of aromatic nitrogens is 2. The van der Waals surface area contributed by atoms with Gasteiger partial charge in [-0.15, -0.1) is 0 Å². The van der Waals surface area contributed by atoms with Gasteiger partial charge in [0.2, 0.25) is 0 Å². The third kappa shape index (κ3) is 3.67. The lowest BCUT2D eigenvalue weighted by molar-refractivity contribution is 0.0214. The minimum atomic E-state index is -0.833. The molecule has 7 nitrogen and oxygen atoms in total. The Bertz CT molecular complexity index is 935. The van der Waals surface area contributed by atoms with E-state index in [1.54, 1.807) is 25.1 Å². The summed E-state index contributed by atoms with van der Waals surface area (Å²) in [6, 6.07) is 9.36. The lowest BCUT2D eigenvalue weighted by Gasteiger charge is -2.07. The molecule has 2 aromatic heterocycles. The molecule has 0 aliphatic carbocycles. The van der Waals surface area contributed by atoms with E-state index in [0.717, 1.165) is 0 Å². The molecule has 0 aliphatic heterocycles. The Kier molecular flexibility index (Phi) is 4.78. The molecule has 3 rings (SSSR count). The van der Waals surface area contributed by atoms with Gasteiger partial charge < -0.3 is 9.25 Å². The molecule has 1 aromatic carbocycles. The number of hydroxylamine groups is 1.